The van der Waals surface area contributed by atoms with E-state index in [0.717, 1.165) is 24.3 Å². The fourth-order valence-corrected chi connectivity index (χ4v) is 4.03. The number of hydrogen-bond donors (Lipinski definition) is 0. The third-order valence-corrected chi connectivity index (χ3v) is 5.29. The van der Waals surface area contributed by atoms with Gasteiger partial charge in [0.25, 0.3) is 5.91 Å². The Morgan fingerprint density at radius 3 is 2.24 bits per heavy atom. The minimum atomic E-state index is -4.45. The van der Waals surface area contributed by atoms with Crippen molar-refractivity contribution < 1.29 is 26.4 Å². The van der Waals surface area contributed by atoms with Crippen molar-refractivity contribution in [2.45, 2.75) is 18.6 Å². The van der Waals surface area contributed by atoms with E-state index in [9.17, 15) is 26.4 Å². The Labute approximate surface area is 120 Å². The summed E-state index contributed by atoms with van der Waals surface area (Å²) in [6.07, 6.45) is -4.10. The van der Waals surface area contributed by atoms with Gasteiger partial charge in [-0.2, -0.15) is 13.2 Å². The van der Waals surface area contributed by atoms with Crippen molar-refractivity contribution in [1.29, 1.82) is 0 Å². The van der Waals surface area contributed by atoms with Crippen molar-refractivity contribution in [3.8, 4) is 0 Å². The lowest BCUT2D eigenvalue weighted by atomic mass is 10.1. The van der Waals surface area contributed by atoms with Crippen LogP contribution in [-0.4, -0.2) is 43.8 Å². The lowest BCUT2D eigenvalue weighted by molar-refractivity contribution is -0.137. The van der Waals surface area contributed by atoms with Gasteiger partial charge in [-0.15, -0.1) is 0 Å². The van der Waals surface area contributed by atoms with Crippen molar-refractivity contribution in [1.82, 2.24) is 4.90 Å². The summed E-state index contributed by atoms with van der Waals surface area (Å²) in [5.74, 6) is -0.552. The minimum Gasteiger partial charge on any atom is -0.338 e. The molecule has 1 saturated heterocycles. The number of alkyl halides is 3. The molecule has 1 aromatic carbocycles. The zero-order chi connectivity index (χ0) is 15.8. The second kappa shape index (κ2) is 5.32. The predicted molar refractivity (Wildman–Crippen MR) is 70.6 cm³/mol. The molecule has 1 heterocycles. The van der Waals surface area contributed by atoms with Gasteiger partial charge in [-0.3, -0.25) is 4.79 Å². The van der Waals surface area contributed by atoms with Crippen LogP contribution in [-0.2, 0) is 16.0 Å². The molecular formula is C13H14F3NO3S. The van der Waals surface area contributed by atoms with Gasteiger partial charge in [-0.25, -0.2) is 8.42 Å². The first-order valence-electron chi connectivity index (χ1n) is 6.25. The third kappa shape index (κ3) is 3.55. The average Bonchev–Trinajstić information content (AvgIpc) is 2.76. The molecule has 1 unspecified atom stereocenters. The highest BCUT2D eigenvalue weighted by molar-refractivity contribution is 7.91. The van der Waals surface area contributed by atoms with E-state index in [2.05, 4.69) is 0 Å². The largest absolute Gasteiger partial charge is 0.416 e. The van der Waals surface area contributed by atoms with Crippen LogP contribution in [0.2, 0.25) is 0 Å². The molecule has 1 amide bonds. The summed E-state index contributed by atoms with van der Waals surface area (Å²) in [6, 6.07) is 3.46. The lowest BCUT2D eigenvalue weighted by Crippen LogP contribution is -2.37. The van der Waals surface area contributed by atoms with Gasteiger partial charge in [0.1, 0.15) is 0 Å². The summed E-state index contributed by atoms with van der Waals surface area (Å²) in [5.41, 5.74) is -0.722. The highest BCUT2D eigenvalue weighted by atomic mass is 32.2. The van der Waals surface area contributed by atoms with Crippen LogP contribution in [0.15, 0.2) is 24.3 Å². The standard InChI is InChI=1S/C13H14F3NO3S/c1-17(11-6-7-21(19,20)8-11)12(18)9-2-4-10(5-3-9)13(14,15)16/h2-5,11H,6-8H2,1H3. The molecule has 1 aliphatic heterocycles. The monoisotopic (exact) mass is 321 g/mol. The second-order valence-corrected chi connectivity index (χ2v) is 7.28. The van der Waals surface area contributed by atoms with E-state index in [4.69, 9.17) is 0 Å². The van der Waals surface area contributed by atoms with Gasteiger partial charge in [0, 0.05) is 18.7 Å². The van der Waals surface area contributed by atoms with Gasteiger partial charge in [0.2, 0.25) is 0 Å². The molecule has 1 aromatic rings. The summed E-state index contributed by atoms with van der Waals surface area (Å²) in [5, 5.41) is 0. The molecule has 2 rings (SSSR count). The predicted octanol–water partition coefficient (Wildman–Crippen LogP) is 1.96. The molecule has 1 fully saturated rings. The molecule has 0 aliphatic carbocycles. The maximum Gasteiger partial charge on any atom is 0.416 e. The molecule has 0 bridgehead atoms. The first kappa shape index (κ1) is 15.8. The van der Waals surface area contributed by atoms with Crippen molar-refractivity contribution in [2.24, 2.45) is 0 Å². The number of rotatable bonds is 2. The summed E-state index contributed by atoms with van der Waals surface area (Å²) in [7, 11) is -1.66. The average molecular weight is 321 g/mol. The van der Waals surface area contributed by atoms with Crippen LogP contribution in [0.1, 0.15) is 22.3 Å². The summed E-state index contributed by atoms with van der Waals surface area (Å²) >= 11 is 0. The number of carbonyl (C=O) groups excluding carboxylic acids is 1. The molecule has 1 atom stereocenters. The molecular weight excluding hydrogens is 307 g/mol. The molecule has 0 saturated carbocycles. The van der Waals surface area contributed by atoms with E-state index in [1.807, 2.05) is 0 Å². The van der Waals surface area contributed by atoms with Crippen LogP contribution in [0, 0.1) is 0 Å². The number of sulfone groups is 1. The highest BCUT2D eigenvalue weighted by Crippen LogP contribution is 2.29. The Morgan fingerprint density at radius 2 is 1.81 bits per heavy atom. The Bertz CT molecular complexity index is 638. The second-order valence-electron chi connectivity index (χ2n) is 5.05. The number of nitrogens with zero attached hydrogens (tertiary/aromatic N) is 1. The van der Waals surface area contributed by atoms with Gasteiger partial charge in [-0.1, -0.05) is 0 Å². The van der Waals surface area contributed by atoms with Crippen LogP contribution in [0.3, 0.4) is 0 Å². The van der Waals surface area contributed by atoms with Gasteiger partial charge in [0.05, 0.1) is 17.1 Å². The minimum absolute atomic E-state index is 0.0301. The number of benzene rings is 1. The molecule has 0 radical (unpaired) electrons. The van der Waals surface area contributed by atoms with Crippen molar-refractivity contribution >= 4 is 15.7 Å². The number of hydrogen-bond acceptors (Lipinski definition) is 3. The van der Waals surface area contributed by atoms with Gasteiger partial charge < -0.3 is 4.90 Å². The summed E-state index contributed by atoms with van der Waals surface area (Å²) < 4.78 is 60.1. The van der Waals surface area contributed by atoms with E-state index in [1.54, 1.807) is 0 Å². The molecule has 0 spiro atoms. The normalized spacial score (nSPS) is 21.2. The van der Waals surface area contributed by atoms with E-state index in [1.165, 1.54) is 11.9 Å². The Balaban J connectivity index is 2.13. The van der Waals surface area contributed by atoms with Gasteiger partial charge in [0.15, 0.2) is 9.84 Å². The van der Waals surface area contributed by atoms with Gasteiger partial charge in [-0.05, 0) is 30.7 Å². The van der Waals surface area contributed by atoms with Crippen molar-refractivity contribution in [2.75, 3.05) is 18.6 Å². The van der Waals surface area contributed by atoms with Crippen LogP contribution in [0.5, 0.6) is 0 Å². The van der Waals surface area contributed by atoms with Crippen LogP contribution < -0.4 is 0 Å². The van der Waals surface area contributed by atoms with E-state index < -0.39 is 33.5 Å². The molecule has 8 heteroatoms. The van der Waals surface area contributed by atoms with Crippen LogP contribution in [0.4, 0.5) is 13.2 Å². The first-order chi connectivity index (χ1) is 9.60. The fourth-order valence-electron chi connectivity index (χ4n) is 2.25. The van der Waals surface area contributed by atoms with Gasteiger partial charge >= 0.3 is 6.18 Å². The van der Waals surface area contributed by atoms with E-state index in [-0.39, 0.29) is 17.1 Å². The zero-order valence-corrected chi connectivity index (χ0v) is 12.0. The molecule has 21 heavy (non-hydrogen) atoms. The Morgan fingerprint density at radius 1 is 1.24 bits per heavy atom. The fraction of sp³-hybridized carbons (Fsp3) is 0.462. The third-order valence-electron chi connectivity index (χ3n) is 3.54. The number of amides is 1. The highest BCUT2D eigenvalue weighted by Gasteiger charge is 2.34. The smallest absolute Gasteiger partial charge is 0.338 e. The topological polar surface area (TPSA) is 54.5 Å². The first-order valence-corrected chi connectivity index (χ1v) is 8.07. The van der Waals surface area contributed by atoms with Crippen LogP contribution in [0.25, 0.3) is 0 Å². The molecule has 1 aliphatic rings. The molecule has 0 aromatic heterocycles. The van der Waals surface area contributed by atoms with E-state index >= 15 is 0 Å². The molecule has 116 valence electrons. The summed E-state index contributed by atoms with van der Waals surface area (Å²) in [6.45, 7) is 0. The summed E-state index contributed by atoms with van der Waals surface area (Å²) in [4.78, 5) is 13.4. The van der Waals surface area contributed by atoms with Crippen molar-refractivity contribution in [3.63, 3.8) is 0 Å². The van der Waals surface area contributed by atoms with Crippen molar-refractivity contribution in [3.05, 3.63) is 35.4 Å². The maximum atomic E-state index is 12.4. The van der Waals surface area contributed by atoms with E-state index in [0.29, 0.717) is 6.42 Å². The Hall–Kier alpha value is -1.57. The molecule has 4 nitrogen and oxygen atoms in total. The Kier molecular flexibility index (Phi) is 4.01. The zero-order valence-electron chi connectivity index (χ0n) is 11.2. The molecule has 0 N–H and O–H groups in total. The number of carbonyl (C=O) groups is 1. The number of halogens is 3. The SMILES string of the molecule is CN(C(=O)c1ccc(C(F)(F)F)cc1)C1CCS(=O)(=O)C1. The lowest BCUT2D eigenvalue weighted by Gasteiger charge is -2.23. The maximum absolute atomic E-state index is 12.4. The quantitative estimate of drug-likeness (QED) is 0.837. The van der Waals surface area contributed by atoms with Crippen LogP contribution >= 0.6 is 0 Å².